The molecule has 6 heteroatoms. The highest BCUT2D eigenvalue weighted by atomic mass is 19.1. The maximum Gasteiger partial charge on any atom is 0.309 e. The van der Waals surface area contributed by atoms with Gasteiger partial charge in [-0.2, -0.15) is 0 Å². The molecular formula is C15H18FNO4. The van der Waals surface area contributed by atoms with Crippen molar-refractivity contribution >= 4 is 11.9 Å². The predicted molar refractivity (Wildman–Crippen MR) is 73.3 cm³/mol. The van der Waals surface area contributed by atoms with Gasteiger partial charge in [0.05, 0.1) is 18.1 Å². The zero-order valence-corrected chi connectivity index (χ0v) is 11.8. The van der Waals surface area contributed by atoms with Gasteiger partial charge in [-0.25, -0.2) is 4.39 Å². The van der Waals surface area contributed by atoms with Crippen LogP contribution in [-0.2, 0) is 9.53 Å². The first-order chi connectivity index (χ1) is 10.0. The number of halogens is 1. The number of carbonyl (C=O) groups excluding carboxylic acids is 2. The summed E-state index contributed by atoms with van der Waals surface area (Å²) in [6, 6.07) is 3.28. The maximum absolute atomic E-state index is 13.2. The molecule has 1 aromatic carbocycles. The van der Waals surface area contributed by atoms with Gasteiger partial charge in [0.25, 0.3) is 5.91 Å². The fourth-order valence-corrected chi connectivity index (χ4v) is 2.43. The van der Waals surface area contributed by atoms with Gasteiger partial charge in [0, 0.05) is 13.1 Å². The van der Waals surface area contributed by atoms with E-state index >= 15 is 0 Å². The minimum absolute atomic E-state index is 0.0513. The van der Waals surface area contributed by atoms with Crippen molar-refractivity contribution in [2.45, 2.75) is 19.8 Å². The Kier molecular flexibility index (Phi) is 4.77. The van der Waals surface area contributed by atoms with Gasteiger partial charge in [0.2, 0.25) is 0 Å². The van der Waals surface area contributed by atoms with Gasteiger partial charge in [-0.05, 0) is 38.0 Å². The van der Waals surface area contributed by atoms with E-state index in [0.717, 1.165) is 18.2 Å². The number of hydrogen-bond donors (Lipinski definition) is 1. The normalized spacial score (nSPS) is 15.8. The van der Waals surface area contributed by atoms with Gasteiger partial charge in [-0.3, -0.25) is 9.59 Å². The van der Waals surface area contributed by atoms with Crippen molar-refractivity contribution in [2.75, 3.05) is 19.7 Å². The van der Waals surface area contributed by atoms with Crippen molar-refractivity contribution in [1.82, 2.24) is 4.90 Å². The third-order valence-electron chi connectivity index (χ3n) is 3.59. The third-order valence-corrected chi connectivity index (χ3v) is 3.59. The topological polar surface area (TPSA) is 66.8 Å². The van der Waals surface area contributed by atoms with E-state index < -0.39 is 11.7 Å². The summed E-state index contributed by atoms with van der Waals surface area (Å²) in [5.74, 6) is -1.67. The molecule has 0 bridgehead atoms. The highest BCUT2D eigenvalue weighted by molar-refractivity contribution is 5.97. The number of phenols is 1. The Morgan fingerprint density at radius 1 is 1.38 bits per heavy atom. The summed E-state index contributed by atoms with van der Waals surface area (Å²) in [5, 5.41) is 9.66. The zero-order chi connectivity index (χ0) is 15.4. The third kappa shape index (κ3) is 3.51. The van der Waals surface area contributed by atoms with Crippen LogP contribution < -0.4 is 0 Å². The van der Waals surface area contributed by atoms with E-state index in [1.54, 1.807) is 6.92 Å². The number of nitrogens with zero attached hydrogens (tertiary/aromatic N) is 1. The van der Waals surface area contributed by atoms with Crippen LogP contribution >= 0.6 is 0 Å². The fourth-order valence-electron chi connectivity index (χ4n) is 2.43. The molecule has 0 saturated carbocycles. The zero-order valence-electron chi connectivity index (χ0n) is 11.8. The number of ether oxygens (including phenoxy) is 1. The van der Waals surface area contributed by atoms with Crippen molar-refractivity contribution in [3.63, 3.8) is 0 Å². The highest BCUT2D eigenvalue weighted by Gasteiger charge is 2.29. The lowest BCUT2D eigenvalue weighted by Gasteiger charge is -2.31. The number of aromatic hydroxyl groups is 1. The Bertz CT molecular complexity index is 538. The van der Waals surface area contributed by atoms with Gasteiger partial charge in [-0.15, -0.1) is 0 Å². The number of rotatable bonds is 3. The summed E-state index contributed by atoms with van der Waals surface area (Å²) in [4.78, 5) is 25.4. The van der Waals surface area contributed by atoms with Crippen LogP contribution in [0.25, 0.3) is 0 Å². The lowest BCUT2D eigenvalue weighted by Crippen LogP contribution is -2.40. The molecule has 5 nitrogen and oxygen atoms in total. The van der Waals surface area contributed by atoms with Gasteiger partial charge >= 0.3 is 5.97 Å². The Morgan fingerprint density at radius 3 is 2.67 bits per heavy atom. The quantitative estimate of drug-likeness (QED) is 0.865. The van der Waals surface area contributed by atoms with Crippen molar-refractivity contribution in [3.05, 3.63) is 29.6 Å². The van der Waals surface area contributed by atoms with Crippen LogP contribution in [0.5, 0.6) is 5.75 Å². The van der Waals surface area contributed by atoms with Crippen LogP contribution in [0.1, 0.15) is 30.1 Å². The second-order valence-electron chi connectivity index (χ2n) is 4.98. The van der Waals surface area contributed by atoms with Crippen molar-refractivity contribution in [1.29, 1.82) is 0 Å². The van der Waals surface area contributed by atoms with E-state index in [1.165, 1.54) is 4.90 Å². The first kappa shape index (κ1) is 15.3. The van der Waals surface area contributed by atoms with E-state index in [-0.39, 0.29) is 23.2 Å². The van der Waals surface area contributed by atoms with Gasteiger partial charge in [0.1, 0.15) is 11.6 Å². The van der Waals surface area contributed by atoms with Crippen molar-refractivity contribution < 1.29 is 23.8 Å². The molecule has 0 radical (unpaired) electrons. The largest absolute Gasteiger partial charge is 0.507 e. The Morgan fingerprint density at radius 2 is 2.05 bits per heavy atom. The number of phenolic OH excluding ortho intramolecular Hbond substituents is 1. The molecule has 0 atom stereocenters. The monoisotopic (exact) mass is 295 g/mol. The molecule has 0 spiro atoms. The van der Waals surface area contributed by atoms with Crippen LogP contribution in [0.15, 0.2) is 18.2 Å². The Hall–Kier alpha value is -2.11. The van der Waals surface area contributed by atoms with Crippen LogP contribution in [0, 0.1) is 11.7 Å². The molecule has 114 valence electrons. The van der Waals surface area contributed by atoms with Crippen molar-refractivity contribution in [3.8, 4) is 5.75 Å². The van der Waals surface area contributed by atoms with Crippen molar-refractivity contribution in [2.24, 2.45) is 5.92 Å². The van der Waals surface area contributed by atoms with E-state index in [9.17, 15) is 19.1 Å². The van der Waals surface area contributed by atoms with Gasteiger partial charge in [-0.1, -0.05) is 0 Å². The molecule has 1 aliphatic rings. The van der Waals surface area contributed by atoms with Crippen LogP contribution in [0.3, 0.4) is 0 Å². The number of piperidine rings is 1. The van der Waals surface area contributed by atoms with Gasteiger partial charge < -0.3 is 14.7 Å². The SMILES string of the molecule is CCOC(=O)C1CCN(C(=O)c2cc(F)ccc2O)CC1. The first-order valence-electron chi connectivity index (χ1n) is 6.97. The minimum atomic E-state index is -0.572. The van der Waals surface area contributed by atoms with E-state index in [1.807, 2.05) is 0 Å². The fraction of sp³-hybridized carbons (Fsp3) is 0.467. The molecule has 0 aromatic heterocycles. The lowest BCUT2D eigenvalue weighted by atomic mass is 9.96. The molecular weight excluding hydrogens is 277 g/mol. The van der Waals surface area contributed by atoms with E-state index in [0.29, 0.717) is 32.5 Å². The molecule has 1 N–H and O–H groups in total. The second kappa shape index (κ2) is 6.56. The van der Waals surface area contributed by atoms with Crippen LogP contribution in [0.4, 0.5) is 4.39 Å². The van der Waals surface area contributed by atoms with Crippen LogP contribution in [0.2, 0.25) is 0 Å². The number of carbonyl (C=O) groups is 2. The molecule has 21 heavy (non-hydrogen) atoms. The molecule has 1 aromatic rings. The molecule has 1 saturated heterocycles. The van der Waals surface area contributed by atoms with E-state index in [2.05, 4.69) is 0 Å². The smallest absolute Gasteiger partial charge is 0.309 e. The minimum Gasteiger partial charge on any atom is -0.507 e. The molecule has 1 aliphatic heterocycles. The molecule has 0 unspecified atom stereocenters. The molecule has 1 fully saturated rings. The number of benzene rings is 1. The molecule has 1 amide bonds. The summed E-state index contributed by atoms with van der Waals surface area (Å²) in [5.41, 5.74) is -0.0513. The average Bonchev–Trinajstić information content (AvgIpc) is 2.49. The second-order valence-corrected chi connectivity index (χ2v) is 4.98. The standard InChI is InChI=1S/C15H18FNO4/c1-2-21-15(20)10-5-7-17(8-6-10)14(19)12-9-11(16)3-4-13(12)18/h3-4,9-10,18H,2,5-8H2,1H3. The summed E-state index contributed by atoms with van der Waals surface area (Å²) in [6.45, 7) is 2.87. The molecule has 2 rings (SSSR count). The number of esters is 1. The number of amides is 1. The van der Waals surface area contributed by atoms with Gasteiger partial charge in [0.15, 0.2) is 0 Å². The number of hydrogen-bond acceptors (Lipinski definition) is 4. The highest BCUT2D eigenvalue weighted by Crippen LogP contribution is 2.24. The summed E-state index contributed by atoms with van der Waals surface area (Å²) in [6.07, 6.45) is 1.03. The summed E-state index contributed by atoms with van der Waals surface area (Å²) in [7, 11) is 0. The predicted octanol–water partition coefficient (Wildman–Crippen LogP) is 1.95. The maximum atomic E-state index is 13.2. The molecule has 0 aliphatic carbocycles. The lowest BCUT2D eigenvalue weighted by molar-refractivity contribution is -0.149. The summed E-state index contributed by atoms with van der Waals surface area (Å²) < 4.78 is 18.1. The number of likely N-dealkylation sites (tertiary alicyclic amines) is 1. The first-order valence-corrected chi connectivity index (χ1v) is 6.97. The Labute approximate surface area is 122 Å². The average molecular weight is 295 g/mol. The van der Waals surface area contributed by atoms with Crippen LogP contribution in [-0.4, -0.2) is 41.6 Å². The molecule has 1 heterocycles. The Balaban J connectivity index is 2.00. The van der Waals surface area contributed by atoms with E-state index in [4.69, 9.17) is 4.74 Å². The summed E-state index contributed by atoms with van der Waals surface area (Å²) >= 11 is 0.